The molecule has 0 aliphatic rings. The van der Waals surface area contributed by atoms with Gasteiger partial charge >= 0.3 is 0 Å². The Morgan fingerprint density at radius 2 is 1.68 bits per heavy atom. The highest BCUT2D eigenvalue weighted by molar-refractivity contribution is 7.92. The van der Waals surface area contributed by atoms with Crippen molar-refractivity contribution in [3.63, 3.8) is 0 Å². The van der Waals surface area contributed by atoms with E-state index in [1.165, 1.54) is 4.90 Å². The molecule has 1 N–H and O–H groups in total. The molecular formula is C28H41N3O5S. The predicted molar refractivity (Wildman–Crippen MR) is 148 cm³/mol. The van der Waals surface area contributed by atoms with Gasteiger partial charge in [-0.15, -0.1) is 0 Å². The highest BCUT2D eigenvalue weighted by Gasteiger charge is 2.33. The molecule has 2 amide bonds. The molecule has 37 heavy (non-hydrogen) atoms. The lowest BCUT2D eigenvalue weighted by atomic mass is 10.0. The third-order valence-corrected chi connectivity index (χ3v) is 7.04. The normalized spacial score (nSPS) is 12.7. The molecule has 0 radical (unpaired) electrons. The summed E-state index contributed by atoms with van der Waals surface area (Å²) in [4.78, 5) is 28.5. The van der Waals surface area contributed by atoms with Crippen LogP contribution in [0.25, 0.3) is 0 Å². The molecule has 0 unspecified atom stereocenters. The predicted octanol–water partition coefficient (Wildman–Crippen LogP) is 4.31. The fraction of sp³-hybridized carbons (Fsp3) is 0.500. The SMILES string of the molecule is CC[C@@H](C(=O)NC(C)(C)C)N(Cc1cccc(OC)c1)C(=O)CN(c1ccc(C(C)C)cc1)S(C)(=O)=O. The molecule has 0 bridgehead atoms. The Balaban J connectivity index is 2.47. The molecule has 2 aromatic carbocycles. The van der Waals surface area contributed by atoms with Crippen molar-refractivity contribution < 1.29 is 22.7 Å². The van der Waals surface area contributed by atoms with E-state index in [2.05, 4.69) is 19.2 Å². The first-order chi connectivity index (χ1) is 17.2. The smallest absolute Gasteiger partial charge is 0.244 e. The van der Waals surface area contributed by atoms with Crippen molar-refractivity contribution in [1.29, 1.82) is 0 Å². The fourth-order valence-corrected chi connectivity index (χ4v) is 4.83. The van der Waals surface area contributed by atoms with Crippen molar-refractivity contribution in [2.24, 2.45) is 0 Å². The number of amides is 2. The summed E-state index contributed by atoms with van der Waals surface area (Å²) in [6, 6.07) is 13.6. The minimum Gasteiger partial charge on any atom is -0.497 e. The van der Waals surface area contributed by atoms with E-state index in [1.54, 1.807) is 31.4 Å². The summed E-state index contributed by atoms with van der Waals surface area (Å²) in [6.45, 7) is 11.2. The van der Waals surface area contributed by atoms with Gasteiger partial charge in [-0.05, 0) is 68.5 Å². The Bertz CT molecular complexity index is 1170. The third-order valence-electron chi connectivity index (χ3n) is 5.90. The Kier molecular flexibility index (Phi) is 10.1. The van der Waals surface area contributed by atoms with E-state index in [-0.39, 0.29) is 18.4 Å². The summed E-state index contributed by atoms with van der Waals surface area (Å²) in [7, 11) is -2.22. The molecule has 1 atom stereocenters. The average molecular weight is 532 g/mol. The van der Waals surface area contributed by atoms with Gasteiger partial charge in [0.1, 0.15) is 18.3 Å². The summed E-state index contributed by atoms with van der Waals surface area (Å²) in [6.07, 6.45) is 1.44. The van der Waals surface area contributed by atoms with Gasteiger partial charge in [0.25, 0.3) is 0 Å². The van der Waals surface area contributed by atoms with Crippen molar-refractivity contribution in [2.75, 3.05) is 24.2 Å². The van der Waals surface area contributed by atoms with E-state index in [1.807, 2.05) is 52.0 Å². The maximum Gasteiger partial charge on any atom is 0.244 e. The summed E-state index contributed by atoms with van der Waals surface area (Å²) < 4.78 is 32.0. The monoisotopic (exact) mass is 531 g/mol. The molecule has 0 fully saturated rings. The molecular weight excluding hydrogens is 490 g/mol. The summed E-state index contributed by atoms with van der Waals surface area (Å²) in [5, 5.41) is 2.96. The van der Waals surface area contributed by atoms with Crippen LogP contribution in [-0.2, 0) is 26.2 Å². The zero-order chi connectivity index (χ0) is 28.0. The number of sulfonamides is 1. The van der Waals surface area contributed by atoms with Crippen LogP contribution in [0.2, 0.25) is 0 Å². The van der Waals surface area contributed by atoms with Crippen LogP contribution in [0.15, 0.2) is 48.5 Å². The van der Waals surface area contributed by atoms with Crippen LogP contribution in [0, 0.1) is 0 Å². The second-order valence-corrected chi connectivity index (χ2v) is 12.5. The second-order valence-electron chi connectivity index (χ2n) is 10.6. The summed E-state index contributed by atoms with van der Waals surface area (Å²) >= 11 is 0. The number of benzene rings is 2. The zero-order valence-electron chi connectivity index (χ0n) is 23.2. The third kappa shape index (κ3) is 8.77. The molecule has 8 nitrogen and oxygen atoms in total. The Labute approximate surface area is 222 Å². The number of ether oxygens (including phenoxy) is 1. The van der Waals surface area contributed by atoms with Crippen LogP contribution < -0.4 is 14.4 Å². The van der Waals surface area contributed by atoms with Gasteiger partial charge < -0.3 is 15.0 Å². The number of anilines is 1. The number of carbonyl (C=O) groups excluding carboxylic acids is 2. The quantitative estimate of drug-likeness (QED) is 0.466. The van der Waals surface area contributed by atoms with Crippen LogP contribution in [0.5, 0.6) is 5.75 Å². The van der Waals surface area contributed by atoms with Crippen LogP contribution in [0.3, 0.4) is 0 Å². The zero-order valence-corrected chi connectivity index (χ0v) is 24.1. The second kappa shape index (κ2) is 12.4. The van der Waals surface area contributed by atoms with E-state index >= 15 is 0 Å². The number of hydrogen-bond acceptors (Lipinski definition) is 5. The maximum atomic E-state index is 13.8. The van der Waals surface area contributed by atoms with Crippen LogP contribution in [-0.4, -0.2) is 56.6 Å². The van der Waals surface area contributed by atoms with Gasteiger partial charge in [0.2, 0.25) is 21.8 Å². The number of methoxy groups -OCH3 is 1. The minimum absolute atomic E-state index is 0.121. The van der Waals surface area contributed by atoms with Gasteiger partial charge in [0, 0.05) is 12.1 Å². The van der Waals surface area contributed by atoms with Crippen molar-refractivity contribution in [3.8, 4) is 5.75 Å². The lowest BCUT2D eigenvalue weighted by Gasteiger charge is -2.34. The molecule has 0 saturated heterocycles. The van der Waals surface area contributed by atoms with Gasteiger partial charge in [-0.25, -0.2) is 8.42 Å². The highest BCUT2D eigenvalue weighted by Crippen LogP contribution is 2.24. The Morgan fingerprint density at radius 3 is 2.16 bits per heavy atom. The largest absolute Gasteiger partial charge is 0.497 e. The number of carbonyl (C=O) groups is 2. The first-order valence-electron chi connectivity index (χ1n) is 12.5. The van der Waals surface area contributed by atoms with E-state index < -0.39 is 34.1 Å². The molecule has 0 aliphatic heterocycles. The van der Waals surface area contributed by atoms with Gasteiger partial charge in [-0.2, -0.15) is 0 Å². The van der Waals surface area contributed by atoms with Crippen molar-refractivity contribution in [3.05, 3.63) is 59.7 Å². The lowest BCUT2D eigenvalue weighted by molar-refractivity contribution is -0.141. The van der Waals surface area contributed by atoms with Gasteiger partial charge in [-0.3, -0.25) is 13.9 Å². The molecule has 9 heteroatoms. The first-order valence-corrected chi connectivity index (χ1v) is 14.3. The molecule has 204 valence electrons. The molecule has 0 aromatic heterocycles. The van der Waals surface area contributed by atoms with Gasteiger partial charge in [-0.1, -0.05) is 45.0 Å². The molecule has 0 aliphatic carbocycles. The van der Waals surface area contributed by atoms with Gasteiger partial charge in [0.05, 0.1) is 19.1 Å². The molecule has 2 rings (SSSR count). The number of nitrogens with one attached hydrogen (secondary N) is 1. The van der Waals surface area contributed by atoms with Crippen LogP contribution in [0.1, 0.15) is 65.0 Å². The Hall–Kier alpha value is -3.07. The first kappa shape index (κ1) is 30.2. The standard InChI is InChI=1S/C28H41N3O5S/c1-9-25(27(33)29-28(4,5)6)30(18-21-11-10-12-24(17-21)36-7)26(32)19-31(37(8,34)35)23-15-13-22(14-16-23)20(2)3/h10-17,20,25H,9,18-19H2,1-8H3,(H,29,33)/t25-/m0/s1. The van der Waals surface area contributed by atoms with Crippen molar-refractivity contribution >= 4 is 27.5 Å². The number of hydrogen-bond donors (Lipinski definition) is 1. The average Bonchev–Trinajstić information content (AvgIpc) is 2.80. The van der Waals surface area contributed by atoms with Gasteiger partial charge in [0.15, 0.2) is 0 Å². The molecule has 0 saturated carbocycles. The van der Waals surface area contributed by atoms with Crippen molar-refractivity contribution in [2.45, 2.75) is 72.0 Å². The van der Waals surface area contributed by atoms with E-state index in [4.69, 9.17) is 4.74 Å². The molecule has 2 aromatic rings. The highest BCUT2D eigenvalue weighted by atomic mass is 32.2. The fourth-order valence-electron chi connectivity index (χ4n) is 3.98. The number of nitrogens with zero attached hydrogens (tertiary/aromatic N) is 2. The number of rotatable bonds is 11. The van der Waals surface area contributed by atoms with E-state index in [0.717, 1.165) is 21.7 Å². The Morgan fingerprint density at radius 1 is 1.05 bits per heavy atom. The molecule has 0 spiro atoms. The van der Waals surface area contributed by atoms with E-state index in [9.17, 15) is 18.0 Å². The van der Waals surface area contributed by atoms with Crippen molar-refractivity contribution in [1.82, 2.24) is 10.2 Å². The minimum atomic E-state index is -3.78. The maximum absolute atomic E-state index is 13.8. The molecule has 0 heterocycles. The topological polar surface area (TPSA) is 96.0 Å². The lowest BCUT2D eigenvalue weighted by Crippen LogP contribution is -2.55. The summed E-state index contributed by atoms with van der Waals surface area (Å²) in [5.74, 6) is 0.142. The van der Waals surface area contributed by atoms with Crippen LogP contribution >= 0.6 is 0 Å². The summed E-state index contributed by atoms with van der Waals surface area (Å²) in [5.41, 5.74) is 1.73. The van der Waals surface area contributed by atoms with Crippen LogP contribution in [0.4, 0.5) is 5.69 Å². The van der Waals surface area contributed by atoms with E-state index in [0.29, 0.717) is 17.9 Å².